The Hall–Kier alpha value is -2.39. The van der Waals surface area contributed by atoms with Gasteiger partial charge < -0.3 is 14.9 Å². The number of piperidine rings is 2. The van der Waals surface area contributed by atoms with E-state index in [9.17, 15) is 14.7 Å². The summed E-state index contributed by atoms with van der Waals surface area (Å²) in [4.78, 5) is 29.3. The summed E-state index contributed by atoms with van der Waals surface area (Å²) >= 11 is 0. The summed E-state index contributed by atoms with van der Waals surface area (Å²) < 4.78 is 0. The highest BCUT2D eigenvalue weighted by Crippen LogP contribution is 2.26. The third kappa shape index (κ3) is 4.30. The molecule has 2 heterocycles. The van der Waals surface area contributed by atoms with Crippen LogP contribution in [-0.4, -0.2) is 58.5 Å². The number of nitriles is 1. The van der Waals surface area contributed by atoms with Crippen LogP contribution in [0.1, 0.15) is 47.2 Å². The van der Waals surface area contributed by atoms with E-state index in [0.29, 0.717) is 31.7 Å². The molecule has 3 rings (SSSR count). The molecule has 2 saturated heterocycles. The Labute approximate surface area is 160 Å². The van der Waals surface area contributed by atoms with Gasteiger partial charge in [0.1, 0.15) is 0 Å². The molecular weight excluding hydrogens is 342 g/mol. The van der Waals surface area contributed by atoms with E-state index in [1.54, 1.807) is 9.80 Å². The van der Waals surface area contributed by atoms with Crippen molar-refractivity contribution in [3.8, 4) is 6.07 Å². The molecule has 0 saturated carbocycles. The second-order valence-corrected chi connectivity index (χ2v) is 7.94. The van der Waals surface area contributed by atoms with Gasteiger partial charge in [0.15, 0.2) is 5.60 Å². The molecule has 2 aliphatic heterocycles. The van der Waals surface area contributed by atoms with Gasteiger partial charge in [-0.1, -0.05) is 17.2 Å². The molecule has 144 valence electrons. The van der Waals surface area contributed by atoms with Crippen molar-refractivity contribution in [1.82, 2.24) is 9.80 Å². The largest absolute Gasteiger partial charge is 0.375 e. The first-order valence-electron chi connectivity index (χ1n) is 9.61. The fourth-order valence-corrected chi connectivity index (χ4v) is 4.11. The average Bonchev–Trinajstić information content (AvgIpc) is 2.67. The molecule has 6 heteroatoms. The van der Waals surface area contributed by atoms with Crippen LogP contribution in [0.25, 0.3) is 0 Å². The number of hydrogen-bond acceptors (Lipinski definition) is 4. The minimum Gasteiger partial charge on any atom is -0.375 e. The molecule has 0 bridgehead atoms. The van der Waals surface area contributed by atoms with Crippen LogP contribution in [-0.2, 0) is 4.79 Å². The SMILES string of the molecule is Cc1cc(C)cc(C(=O)N2CCCC(C(=O)N3CCC(O)(C#N)CC3)C2)c1. The van der Waals surface area contributed by atoms with Crippen LogP contribution in [0.2, 0.25) is 0 Å². The first-order chi connectivity index (χ1) is 12.8. The zero-order valence-corrected chi connectivity index (χ0v) is 16.1. The summed E-state index contributed by atoms with van der Waals surface area (Å²) in [6, 6.07) is 7.77. The molecule has 0 aliphatic carbocycles. The number of aliphatic hydroxyl groups is 1. The van der Waals surface area contributed by atoms with Crippen LogP contribution in [0.4, 0.5) is 0 Å². The van der Waals surface area contributed by atoms with Crippen LogP contribution >= 0.6 is 0 Å². The Morgan fingerprint density at radius 2 is 1.74 bits per heavy atom. The number of carbonyl (C=O) groups is 2. The highest BCUT2D eigenvalue weighted by atomic mass is 16.3. The van der Waals surface area contributed by atoms with E-state index in [2.05, 4.69) is 0 Å². The molecule has 1 N–H and O–H groups in total. The molecule has 2 amide bonds. The lowest BCUT2D eigenvalue weighted by atomic mass is 9.90. The number of nitrogens with zero attached hydrogens (tertiary/aromatic N) is 3. The predicted octanol–water partition coefficient (Wildman–Crippen LogP) is 2.03. The maximum Gasteiger partial charge on any atom is 0.253 e. The van der Waals surface area contributed by atoms with Gasteiger partial charge in [-0.05, 0) is 38.8 Å². The Bertz CT molecular complexity index is 755. The highest BCUT2D eigenvalue weighted by molar-refractivity contribution is 5.95. The van der Waals surface area contributed by atoms with Gasteiger partial charge in [0, 0.05) is 44.6 Å². The summed E-state index contributed by atoms with van der Waals surface area (Å²) in [5.74, 6) is -0.188. The van der Waals surface area contributed by atoms with Crippen molar-refractivity contribution in [2.75, 3.05) is 26.2 Å². The Morgan fingerprint density at radius 3 is 2.33 bits per heavy atom. The molecule has 0 aromatic heterocycles. The summed E-state index contributed by atoms with van der Waals surface area (Å²) in [5, 5.41) is 19.0. The molecular formula is C21H27N3O3. The van der Waals surface area contributed by atoms with E-state index < -0.39 is 5.60 Å². The summed E-state index contributed by atoms with van der Waals surface area (Å²) in [5.41, 5.74) is 1.48. The standard InChI is InChI=1S/C21H27N3O3/c1-15-10-16(2)12-18(11-15)20(26)24-7-3-4-17(13-24)19(25)23-8-5-21(27,14-22)6-9-23/h10-12,17,27H,3-9,13H2,1-2H3. The van der Waals surface area contributed by atoms with Gasteiger partial charge >= 0.3 is 0 Å². The van der Waals surface area contributed by atoms with Crippen molar-refractivity contribution in [1.29, 1.82) is 5.26 Å². The van der Waals surface area contributed by atoms with Gasteiger partial charge in [-0.2, -0.15) is 5.26 Å². The van der Waals surface area contributed by atoms with Crippen LogP contribution in [0, 0.1) is 31.1 Å². The molecule has 1 unspecified atom stereocenters. The molecule has 1 aromatic rings. The van der Waals surface area contributed by atoms with Gasteiger partial charge in [-0.3, -0.25) is 9.59 Å². The molecule has 1 aromatic carbocycles. The van der Waals surface area contributed by atoms with E-state index in [1.807, 2.05) is 38.1 Å². The van der Waals surface area contributed by atoms with Crippen LogP contribution in [0.15, 0.2) is 18.2 Å². The predicted molar refractivity (Wildman–Crippen MR) is 101 cm³/mol. The molecule has 0 radical (unpaired) electrons. The molecule has 6 nitrogen and oxygen atoms in total. The fourth-order valence-electron chi connectivity index (χ4n) is 4.11. The molecule has 2 aliphatic rings. The van der Waals surface area contributed by atoms with Gasteiger partial charge in [0.2, 0.25) is 5.91 Å². The van der Waals surface area contributed by atoms with E-state index in [0.717, 1.165) is 24.0 Å². The summed E-state index contributed by atoms with van der Waals surface area (Å²) in [6.45, 7) is 5.85. The Morgan fingerprint density at radius 1 is 1.11 bits per heavy atom. The number of hydrogen-bond donors (Lipinski definition) is 1. The Kier molecular flexibility index (Phi) is 5.52. The van der Waals surface area contributed by atoms with Crippen molar-refractivity contribution >= 4 is 11.8 Å². The lowest BCUT2D eigenvalue weighted by Crippen LogP contribution is -2.51. The number of likely N-dealkylation sites (tertiary alicyclic amines) is 2. The minimum atomic E-state index is -1.31. The van der Waals surface area contributed by atoms with Gasteiger partial charge in [-0.15, -0.1) is 0 Å². The van der Waals surface area contributed by atoms with Crippen molar-refractivity contribution < 1.29 is 14.7 Å². The lowest BCUT2D eigenvalue weighted by Gasteiger charge is -2.38. The van der Waals surface area contributed by atoms with Crippen molar-refractivity contribution in [2.24, 2.45) is 5.92 Å². The minimum absolute atomic E-state index is 0.0169. The highest BCUT2D eigenvalue weighted by Gasteiger charge is 2.37. The Balaban J connectivity index is 1.65. The summed E-state index contributed by atoms with van der Waals surface area (Å²) in [6.07, 6.45) is 2.15. The van der Waals surface area contributed by atoms with Gasteiger partial charge in [-0.25, -0.2) is 0 Å². The first kappa shape index (κ1) is 19.4. The quantitative estimate of drug-likeness (QED) is 0.809. The smallest absolute Gasteiger partial charge is 0.253 e. The van der Waals surface area contributed by atoms with Crippen LogP contribution in [0.3, 0.4) is 0 Å². The maximum absolute atomic E-state index is 12.9. The number of benzene rings is 1. The monoisotopic (exact) mass is 369 g/mol. The zero-order chi connectivity index (χ0) is 19.6. The van der Waals surface area contributed by atoms with Gasteiger partial charge in [0.05, 0.1) is 12.0 Å². The normalized spacial score (nSPS) is 22.2. The van der Waals surface area contributed by atoms with E-state index in [4.69, 9.17) is 5.26 Å². The number of rotatable bonds is 2. The van der Waals surface area contributed by atoms with Crippen molar-refractivity contribution in [2.45, 2.75) is 45.1 Å². The van der Waals surface area contributed by atoms with E-state index in [1.165, 1.54) is 0 Å². The molecule has 27 heavy (non-hydrogen) atoms. The number of carbonyl (C=O) groups excluding carboxylic acids is 2. The average molecular weight is 369 g/mol. The lowest BCUT2D eigenvalue weighted by molar-refractivity contribution is -0.139. The van der Waals surface area contributed by atoms with Crippen LogP contribution < -0.4 is 0 Å². The van der Waals surface area contributed by atoms with Crippen molar-refractivity contribution in [3.63, 3.8) is 0 Å². The maximum atomic E-state index is 12.9. The molecule has 2 fully saturated rings. The first-order valence-corrected chi connectivity index (χ1v) is 9.61. The third-order valence-corrected chi connectivity index (χ3v) is 5.64. The van der Waals surface area contributed by atoms with E-state index >= 15 is 0 Å². The topological polar surface area (TPSA) is 84.6 Å². The second-order valence-electron chi connectivity index (χ2n) is 7.94. The van der Waals surface area contributed by atoms with Crippen molar-refractivity contribution in [3.05, 3.63) is 34.9 Å². The summed E-state index contributed by atoms with van der Waals surface area (Å²) in [7, 11) is 0. The molecule has 1 atom stereocenters. The zero-order valence-electron chi connectivity index (χ0n) is 16.1. The van der Waals surface area contributed by atoms with E-state index in [-0.39, 0.29) is 30.6 Å². The number of aryl methyl sites for hydroxylation is 2. The number of amides is 2. The second kappa shape index (κ2) is 7.69. The van der Waals surface area contributed by atoms with Crippen LogP contribution in [0.5, 0.6) is 0 Å². The third-order valence-electron chi connectivity index (χ3n) is 5.64. The molecule has 0 spiro atoms. The van der Waals surface area contributed by atoms with Gasteiger partial charge in [0.25, 0.3) is 5.91 Å². The fraction of sp³-hybridized carbons (Fsp3) is 0.571.